The minimum absolute atomic E-state index is 0.138. The van der Waals surface area contributed by atoms with Crippen LogP contribution in [0.1, 0.15) is 46.7 Å². The van der Waals surface area contributed by atoms with Gasteiger partial charge in [-0.25, -0.2) is 0 Å². The van der Waals surface area contributed by atoms with Gasteiger partial charge in [-0.15, -0.1) is 0 Å². The predicted octanol–water partition coefficient (Wildman–Crippen LogP) is 4.21. The van der Waals surface area contributed by atoms with Gasteiger partial charge < -0.3 is 9.73 Å². The lowest BCUT2D eigenvalue weighted by molar-refractivity contribution is 0.433. The third-order valence-electron chi connectivity index (χ3n) is 3.48. The van der Waals surface area contributed by atoms with Gasteiger partial charge >= 0.3 is 0 Å². The number of hydrogen-bond donors (Lipinski definition) is 1. The van der Waals surface area contributed by atoms with E-state index in [1.807, 2.05) is 13.0 Å². The Morgan fingerprint density at radius 2 is 1.68 bits per heavy atom. The molecule has 0 saturated carbocycles. The molecule has 1 aromatic carbocycles. The zero-order valence-corrected chi connectivity index (χ0v) is 12.5. The second-order valence-electron chi connectivity index (χ2n) is 5.25. The Kier molecular flexibility index (Phi) is 4.11. The van der Waals surface area contributed by atoms with Gasteiger partial charge in [-0.3, -0.25) is 0 Å². The molecule has 0 aliphatic rings. The smallest absolute Gasteiger partial charge is 0.125 e. The molecule has 0 spiro atoms. The summed E-state index contributed by atoms with van der Waals surface area (Å²) >= 11 is 0. The molecule has 1 N–H and O–H groups in total. The van der Waals surface area contributed by atoms with Crippen molar-refractivity contribution in [1.29, 1.82) is 0 Å². The molecule has 102 valence electrons. The van der Waals surface area contributed by atoms with Crippen LogP contribution in [0.5, 0.6) is 0 Å². The van der Waals surface area contributed by atoms with Gasteiger partial charge in [0.15, 0.2) is 0 Å². The highest BCUT2D eigenvalue weighted by Gasteiger charge is 2.20. The van der Waals surface area contributed by atoms with Crippen molar-refractivity contribution in [2.75, 3.05) is 6.54 Å². The largest absolute Gasteiger partial charge is 0.464 e. The van der Waals surface area contributed by atoms with Gasteiger partial charge in [0.05, 0.1) is 6.04 Å². The van der Waals surface area contributed by atoms with E-state index in [0.717, 1.165) is 18.1 Å². The molecule has 1 heterocycles. The fourth-order valence-electron chi connectivity index (χ4n) is 2.80. The summed E-state index contributed by atoms with van der Waals surface area (Å²) in [5.74, 6) is 1.95. The van der Waals surface area contributed by atoms with Crippen LogP contribution >= 0.6 is 0 Å². The van der Waals surface area contributed by atoms with Crippen LogP contribution in [0.15, 0.2) is 28.7 Å². The number of aryl methyl sites for hydroxylation is 4. The van der Waals surface area contributed by atoms with Gasteiger partial charge in [-0.2, -0.15) is 0 Å². The Morgan fingerprint density at radius 1 is 1.05 bits per heavy atom. The second kappa shape index (κ2) is 5.62. The number of furan rings is 1. The standard InChI is InChI=1S/C17H23NO/c1-6-18-17(15-8-7-14(5)19-15)16-12(3)9-11(2)10-13(16)4/h7-10,17-18H,6H2,1-5H3. The molecule has 0 aliphatic carbocycles. The van der Waals surface area contributed by atoms with Gasteiger partial charge in [-0.05, 0) is 63.1 Å². The molecule has 0 bridgehead atoms. The summed E-state index contributed by atoms with van der Waals surface area (Å²) in [4.78, 5) is 0. The molecular weight excluding hydrogens is 234 g/mol. The fourth-order valence-corrected chi connectivity index (χ4v) is 2.80. The Bertz CT molecular complexity index is 545. The third kappa shape index (κ3) is 2.90. The maximum absolute atomic E-state index is 5.83. The van der Waals surface area contributed by atoms with Crippen LogP contribution in [0.4, 0.5) is 0 Å². The lowest BCUT2D eigenvalue weighted by Gasteiger charge is -2.21. The van der Waals surface area contributed by atoms with Gasteiger partial charge in [0.25, 0.3) is 0 Å². The zero-order chi connectivity index (χ0) is 14.0. The van der Waals surface area contributed by atoms with Crippen LogP contribution in [0.2, 0.25) is 0 Å². The molecule has 0 radical (unpaired) electrons. The normalized spacial score (nSPS) is 12.7. The molecule has 0 aliphatic heterocycles. The van der Waals surface area contributed by atoms with Gasteiger partial charge in [0, 0.05) is 0 Å². The summed E-state index contributed by atoms with van der Waals surface area (Å²) in [5.41, 5.74) is 5.28. The second-order valence-corrected chi connectivity index (χ2v) is 5.25. The van der Waals surface area contributed by atoms with Crippen LogP contribution < -0.4 is 5.32 Å². The van der Waals surface area contributed by atoms with Crippen molar-refractivity contribution >= 4 is 0 Å². The van der Waals surface area contributed by atoms with Crippen molar-refractivity contribution in [2.45, 2.75) is 40.7 Å². The molecule has 2 aromatic rings. The maximum atomic E-state index is 5.83. The Morgan fingerprint density at radius 3 is 2.16 bits per heavy atom. The highest BCUT2D eigenvalue weighted by Crippen LogP contribution is 2.29. The number of nitrogens with one attached hydrogen (secondary N) is 1. The first-order chi connectivity index (χ1) is 9.02. The first kappa shape index (κ1) is 13.9. The van der Waals surface area contributed by atoms with E-state index >= 15 is 0 Å². The van der Waals surface area contributed by atoms with E-state index in [-0.39, 0.29) is 6.04 Å². The molecule has 2 rings (SSSR count). The molecule has 0 saturated heterocycles. The first-order valence-electron chi connectivity index (χ1n) is 6.90. The van der Waals surface area contributed by atoms with Crippen LogP contribution in [-0.2, 0) is 0 Å². The van der Waals surface area contributed by atoms with Crippen molar-refractivity contribution in [2.24, 2.45) is 0 Å². The molecule has 1 aromatic heterocycles. The van der Waals surface area contributed by atoms with Crippen molar-refractivity contribution < 1.29 is 4.42 Å². The van der Waals surface area contributed by atoms with E-state index in [1.165, 1.54) is 22.3 Å². The third-order valence-corrected chi connectivity index (χ3v) is 3.48. The molecule has 1 unspecified atom stereocenters. The zero-order valence-electron chi connectivity index (χ0n) is 12.5. The van der Waals surface area contributed by atoms with E-state index in [2.05, 4.69) is 51.2 Å². The molecule has 1 atom stereocenters. The van der Waals surface area contributed by atoms with Crippen molar-refractivity contribution in [3.05, 3.63) is 58.0 Å². The minimum atomic E-state index is 0.138. The first-order valence-corrected chi connectivity index (χ1v) is 6.90. The van der Waals surface area contributed by atoms with Crippen molar-refractivity contribution in [3.63, 3.8) is 0 Å². The quantitative estimate of drug-likeness (QED) is 0.887. The van der Waals surface area contributed by atoms with E-state index in [0.29, 0.717) is 0 Å². The Hall–Kier alpha value is -1.54. The monoisotopic (exact) mass is 257 g/mol. The lowest BCUT2D eigenvalue weighted by atomic mass is 9.92. The molecular formula is C17H23NO. The predicted molar refractivity (Wildman–Crippen MR) is 79.6 cm³/mol. The fraction of sp³-hybridized carbons (Fsp3) is 0.412. The highest BCUT2D eigenvalue weighted by molar-refractivity contribution is 5.42. The molecule has 0 fully saturated rings. The van der Waals surface area contributed by atoms with Gasteiger partial charge in [-0.1, -0.05) is 24.6 Å². The maximum Gasteiger partial charge on any atom is 0.125 e. The van der Waals surface area contributed by atoms with Crippen LogP contribution in [0.3, 0.4) is 0 Å². The Balaban J connectivity index is 2.51. The molecule has 2 nitrogen and oxygen atoms in total. The van der Waals surface area contributed by atoms with Gasteiger partial charge in [0.2, 0.25) is 0 Å². The van der Waals surface area contributed by atoms with E-state index in [9.17, 15) is 0 Å². The molecule has 0 amide bonds. The number of hydrogen-bond acceptors (Lipinski definition) is 2. The average molecular weight is 257 g/mol. The topological polar surface area (TPSA) is 25.2 Å². The van der Waals surface area contributed by atoms with Crippen molar-refractivity contribution in [1.82, 2.24) is 5.32 Å². The minimum Gasteiger partial charge on any atom is -0.464 e. The van der Waals surface area contributed by atoms with E-state index in [4.69, 9.17) is 4.42 Å². The molecule has 19 heavy (non-hydrogen) atoms. The summed E-state index contributed by atoms with van der Waals surface area (Å²) in [5, 5.41) is 3.54. The van der Waals surface area contributed by atoms with Crippen molar-refractivity contribution in [3.8, 4) is 0 Å². The highest BCUT2D eigenvalue weighted by atomic mass is 16.3. The summed E-state index contributed by atoms with van der Waals surface area (Å²) in [6.45, 7) is 11.5. The Labute approximate surface area is 115 Å². The summed E-state index contributed by atoms with van der Waals surface area (Å²) in [6, 6.07) is 8.71. The van der Waals surface area contributed by atoms with Crippen LogP contribution in [0, 0.1) is 27.7 Å². The van der Waals surface area contributed by atoms with E-state index in [1.54, 1.807) is 0 Å². The average Bonchev–Trinajstić information content (AvgIpc) is 2.73. The lowest BCUT2D eigenvalue weighted by Crippen LogP contribution is -2.23. The number of benzene rings is 1. The SMILES string of the molecule is CCNC(c1ccc(C)o1)c1c(C)cc(C)cc1C. The summed E-state index contributed by atoms with van der Waals surface area (Å²) in [7, 11) is 0. The summed E-state index contributed by atoms with van der Waals surface area (Å²) < 4.78 is 5.83. The summed E-state index contributed by atoms with van der Waals surface area (Å²) in [6.07, 6.45) is 0. The van der Waals surface area contributed by atoms with Gasteiger partial charge in [0.1, 0.15) is 11.5 Å². The molecule has 2 heteroatoms. The van der Waals surface area contributed by atoms with Crippen LogP contribution in [0.25, 0.3) is 0 Å². The number of rotatable bonds is 4. The van der Waals surface area contributed by atoms with E-state index < -0.39 is 0 Å². The van der Waals surface area contributed by atoms with Crippen LogP contribution in [-0.4, -0.2) is 6.54 Å².